The molecule has 1 aromatic rings. The van der Waals surface area contributed by atoms with Crippen molar-refractivity contribution >= 4 is 23.7 Å². The number of hydrogen-bond acceptors (Lipinski definition) is 7. The third-order valence-electron chi connectivity index (χ3n) is 8.00. The van der Waals surface area contributed by atoms with Gasteiger partial charge in [-0.1, -0.05) is 24.6 Å². The number of halogens is 3. The first-order valence-corrected chi connectivity index (χ1v) is 14.0. The number of nitrogens with two attached hydrogens (primary N) is 1. The summed E-state index contributed by atoms with van der Waals surface area (Å²) in [6.07, 6.45) is -1.99. The standard InChI is InChI=1S/C27H40N4O4.C2HF3O2/c1-7-27(5)15-23(32)31(25(28)30-27)21(10-11-34-6)17-13-18(17)24(33)29-20-14-26(3,4)35-22-9-8-16(2)12-19(20)22;3-2(4,5)1(6)7/h8-9,12,17-18,20-21H,7,10-11,13-15H2,1-6H3,(H2,28,30)(H,29,33);(H,6,7)/t17-,18-,20+,21-,27-;/m1./s1. The molecule has 2 aliphatic heterocycles. The predicted octanol–water partition coefficient (Wildman–Crippen LogP) is 4.10. The summed E-state index contributed by atoms with van der Waals surface area (Å²) in [6.45, 7) is 10.6. The van der Waals surface area contributed by atoms with Crippen molar-refractivity contribution in [3.63, 3.8) is 0 Å². The topological polar surface area (TPSA) is 144 Å². The average molecular weight is 599 g/mol. The van der Waals surface area contributed by atoms with Crippen LogP contribution >= 0.6 is 0 Å². The van der Waals surface area contributed by atoms with Crippen LogP contribution in [0, 0.1) is 18.8 Å². The summed E-state index contributed by atoms with van der Waals surface area (Å²) in [6, 6.07) is 5.79. The van der Waals surface area contributed by atoms with Gasteiger partial charge in [-0.05, 0) is 58.9 Å². The molecule has 0 radical (unpaired) electrons. The van der Waals surface area contributed by atoms with Crippen molar-refractivity contribution < 1.29 is 42.1 Å². The number of alkyl halides is 3. The zero-order valence-corrected chi connectivity index (χ0v) is 24.9. The van der Waals surface area contributed by atoms with Crippen LogP contribution in [0.1, 0.15) is 77.0 Å². The molecule has 234 valence electrons. The Morgan fingerprint density at radius 2 is 1.95 bits per heavy atom. The van der Waals surface area contributed by atoms with Gasteiger partial charge >= 0.3 is 12.1 Å². The van der Waals surface area contributed by atoms with E-state index in [1.54, 1.807) is 12.0 Å². The molecule has 3 aliphatic rings. The molecule has 1 aromatic carbocycles. The van der Waals surface area contributed by atoms with E-state index >= 15 is 0 Å². The van der Waals surface area contributed by atoms with E-state index in [1.165, 1.54) is 0 Å². The first-order chi connectivity index (χ1) is 19.4. The van der Waals surface area contributed by atoms with Gasteiger partial charge in [0, 0.05) is 37.7 Å². The lowest BCUT2D eigenvalue weighted by atomic mass is 9.88. The predicted molar refractivity (Wildman–Crippen MR) is 149 cm³/mol. The fourth-order valence-electron chi connectivity index (χ4n) is 5.56. The van der Waals surface area contributed by atoms with Gasteiger partial charge in [0.1, 0.15) is 11.4 Å². The SMILES string of the molecule is CC[C@]1(C)CC(=O)N([C@H](CCOC)[C@@H]2C[C@H]2C(=O)N[C@H]2CC(C)(C)Oc3ccc(C)cc32)C(N)=N1.O=C(O)C(F)(F)F. The monoisotopic (exact) mass is 598 g/mol. The summed E-state index contributed by atoms with van der Waals surface area (Å²) in [5, 5.41) is 10.4. The normalized spacial score (nSPS) is 27.0. The lowest BCUT2D eigenvalue weighted by Crippen LogP contribution is -2.56. The number of carboxylic acids is 1. The Labute approximate surface area is 243 Å². The number of carbonyl (C=O) groups is 3. The Morgan fingerprint density at radius 3 is 2.50 bits per heavy atom. The Hall–Kier alpha value is -3.35. The highest BCUT2D eigenvalue weighted by molar-refractivity contribution is 5.99. The van der Waals surface area contributed by atoms with E-state index < -0.39 is 17.7 Å². The highest BCUT2D eigenvalue weighted by atomic mass is 19.4. The molecule has 13 heteroatoms. The maximum atomic E-state index is 13.4. The van der Waals surface area contributed by atoms with Crippen LogP contribution in [0.5, 0.6) is 5.75 Å². The van der Waals surface area contributed by atoms with E-state index in [-0.39, 0.29) is 47.3 Å². The molecule has 1 saturated carbocycles. The summed E-state index contributed by atoms with van der Waals surface area (Å²) in [7, 11) is 1.64. The summed E-state index contributed by atoms with van der Waals surface area (Å²) >= 11 is 0. The third kappa shape index (κ3) is 7.93. The molecule has 2 heterocycles. The largest absolute Gasteiger partial charge is 0.490 e. The Bertz CT molecular complexity index is 1220. The van der Waals surface area contributed by atoms with Gasteiger partial charge in [-0.2, -0.15) is 13.2 Å². The molecule has 10 nitrogen and oxygen atoms in total. The number of methoxy groups -OCH3 is 1. The fraction of sp³-hybridized carbons (Fsp3) is 0.655. The van der Waals surface area contributed by atoms with Crippen LogP contribution in [-0.2, 0) is 19.1 Å². The molecular weight excluding hydrogens is 557 g/mol. The number of hydrogen-bond donors (Lipinski definition) is 3. The number of aryl methyl sites for hydroxylation is 1. The van der Waals surface area contributed by atoms with Gasteiger partial charge in [0.2, 0.25) is 11.8 Å². The molecule has 1 fully saturated rings. The van der Waals surface area contributed by atoms with E-state index in [0.29, 0.717) is 25.9 Å². The Balaban J connectivity index is 0.000000616. The Kier molecular flexibility index (Phi) is 9.85. The van der Waals surface area contributed by atoms with Crippen molar-refractivity contribution in [3.8, 4) is 5.75 Å². The summed E-state index contributed by atoms with van der Waals surface area (Å²) in [5.41, 5.74) is 7.64. The molecule has 0 bridgehead atoms. The number of ether oxygens (including phenoxy) is 2. The average Bonchev–Trinajstić information content (AvgIpc) is 3.66. The maximum Gasteiger partial charge on any atom is 0.490 e. The molecule has 42 heavy (non-hydrogen) atoms. The van der Waals surface area contributed by atoms with Crippen LogP contribution in [0.25, 0.3) is 0 Å². The second kappa shape index (κ2) is 12.5. The van der Waals surface area contributed by atoms with Crippen LogP contribution < -0.4 is 15.8 Å². The number of aliphatic carboxylic acids is 1. The number of aliphatic imine (C=N–C) groups is 1. The molecule has 5 atom stereocenters. The van der Waals surface area contributed by atoms with Gasteiger partial charge in [-0.15, -0.1) is 0 Å². The van der Waals surface area contributed by atoms with Crippen molar-refractivity contribution in [1.82, 2.24) is 10.2 Å². The second-order valence-corrected chi connectivity index (χ2v) is 12.1. The van der Waals surface area contributed by atoms with Gasteiger partial charge in [-0.3, -0.25) is 14.5 Å². The second-order valence-electron chi connectivity index (χ2n) is 12.1. The van der Waals surface area contributed by atoms with Crippen LogP contribution in [0.4, 0.5) is 13.2 Å². The van der Waals surface area contributed by atoms with Gasteiger partial charge in [0.25, 0.3) is 0 Å². The van der Waals surface area contributed by atoms with Gasteiger partial charge in [0.05, 0.1) is 18.0 Å². The van der Waals surface area contributed by atoms with E-state index in [9.17, 15) is 22.8 Å². The minimum Gasteiger partial charge on any atom is -0.487 e. The van der Waals surface area contributed by atoms with Crippen LogP contribution in [0.2, 0.25) is 0 Å². The van der Waals surface area contributed by atoms with Gasteiger partial charge in [0.15, 0.2) is 5.96 Å². The molecule has 2 amide bonds. The number of nitrogens with zero attached hydrogens (tertiary/aromatic N) is 2. The maximum absolute atomic E-state index is 13.4. The van der Waals surface area contributed by atoms with E-state index in [4.69, 9.17) is 25.1 Å². The number of nitrogens with one attached hydrogen (secondary N) is 1. The van der Waals surface area contributed by atoms with Gasteiger partial charge in [-0.25, -0.2) is 9.79 Å². The summed E-state index contributed by atoms with van der Waals surface area (Å²) < 4.78 is 43.2. The smallest absolute Gasteiger partial charge is 0.487 e. The highest BCUT2D eigenvalue weighted by Gasteiger charge is 2.52. The molecular formula is C29H41F3N4O6. The van der Waals surface area contributed by atoms with Crippen molar-refractivity contribution in [2.75, 3.05) is 13.7 Å². The zero-order chi connectivity index (χ0) is 31.6. The number of rotatable bonds is 8. The highest BCUT2D eigenvalue weighted by Crippen LogP contribution is 2.47. The van der Waals surface area contributed by atoms with Crippen molar-refractivity contribution in [1.29, 1.82) is 0 Å². The van der Waals surface area contributed by atoms with E-state index in [0.717, 1.165) is 29.7 Å². The van der Waals surface area contributed by atoms with Crippen LogP contribution in [-0.4, -0.2) is 70.8 Å². The molecule has 0 unspecified atom stereocenters. The lowest BCUT2D eigenvalue weighted by molar-refractivity contribution is -0.192. The first-order valence-electron chi connectivity index (χ1n) is 14.0. The van der Waals surface area contributed by atoms with Crippen molar-refractivity contribution in [2.24, 2.45) is 22.6 Å². The summed E-state index contributed by atoms with van der Waals surface area (Å²) in [5.74, 6) is -1.82. The molecule has 4 rings (SSSR count). The number of carbonyl (C=O) groups excluding carboxylic acids is 2. The molecule has 0 saturated heterocycles. The quantitative estimate of drug-likeness (QED) is 0.409. The lowest BCUT2D eigenvalue weighted by Gasteiger charge is -2.39. The zero-order valence-electron chi connectivity index (χ0n) is 24.9. The minimum absolute atomic E-state index is 0.0194. The van der Waals surface area contributed by atoms with Gasteiger partial charge < -0.3 is 25.6 Å². The first kappa shape index (κ1) is 33.2. The Morgan fingerprint density at radius 1 is 1.31 bits per heavy atom. The van der Waals surface area contributed by atoms with Crippen LogP contribution in [0.15, 0.2) is 23.2 Å². The number of fused-ring (bicyclic) bond motifs is 1. The van der Waals surface area contributed by atoms with Crippen molar-refractivity contribution in [2.45, 2.75) is 96.1 Å². The molecule has 1 aliphatic carbocycles. The fourth-order valence-corrected chi connectivity index (χ4v) is 5.56. The minimum atomic E-state index is -5.08. The van der Waals surface area contributed by atoms with Crippen LogP contribution in [0.3, 0.4) is 0 Å². The molecule has 0 spiro atoms. The van der Waals surface area contributed by atoms with Crippen molar-refractivity contribution in [3.05, 3.63) is 29.3 Å². The number of carboxylic acid groups (broad SMARTS) is 1. The van der Waals surface area contributed by atoms with E-state index in [1.807, 2.05) is 46.8 Å². The number of guanidine groups is 1. The number of amides is 2. The molecule has 0 aromatic heterocycles. The number of benzene rings is 1. The molecule has 4 N–H and O–H groups in total. The third-order valence-corrected chi connectivity index (χ3v) is 8.00. The summed E-state index contributed by atoms with van der Waals surface area (Å²) in [4.78, 5) is 41.8. The van der Waals surface area contributed by atoms with E-state index in [2.05, 4.69) is 16.4 Å².